The molecule has 0 aliphatic carbocycles. The molecule has 0 rings (SSSR count). The molecule has 0 amide bonds. The quantitative estimate of drug-likeness (QED) is 0.478. The van der Waals surface area contributed by atoms with Gasteiger partial charge in [-0.1, -0.05) is 13.8 Å². The summed E-state index contributed by atoms with van der Waals surface area (Å²) in [5.74, 6) is 0. The Kier molecular flexibility index (Phi) is 8.67. The lowest BCUT2D eigenvalue weighted by Crippen LogP contribution is -2.26. The smallest absolute Gasteiger partial charge is 0.0420 e. The molecular weight excluding hydrogens is 162 g/mol. The SMILES string of the molecule is CC/C=N\C=C\NCCN(C)CC. The Hall–Kier alpha value is -0.830. The molecule has 13 heavy (non-hydrogen) atoms. The predicted octanol–water partition coefficient (Wildman–Crippen LogP) is 1.48. The summed E-state index contributed by atoms with van der Waals surface area (Å²) >= 11 is 0. The highest BCUT2D eigenvalue weighted by Gasteiger charge is 1.89. The summed E-state index contributed by atoms with van der Waals surface area (Å²) < 4.78 is 0. The van der Waals surface area contributed by atoms with Crippen LogP contribution in [0, 0.1) is 0 Å². The lowest BCUT2D eigenvalue weighted by atomic mass is 10.5. The van der Waals surface area contributed by atoms with Crippen molar-refractivity contribution in [2.75, 3.05) is 26.7 Å². The Bertz CT molecular complexity index is 152. The molecule has 0 aliphatic heterocycles. The van der Waals surface area contributed by atoms with Crippen LogP contribution >= 0.6 is 0 Å². The summed E-state index contributed by atoms with van der Waals surface area (Å²) in [7, 11) is 2.11. The highest BCUT2D eigenvalue weighted by Crippen LogP contribution is 1.78. The van der Waals surface area contributed by atoms with Crippen LogP contribution in [0.1, 0.15) is 20.3 Å². The summed E-state index contributed by atoms with van der Waals surface area (Å²) in [4.78, 5) is 6.31. The number of likely N-dealkylation sites (N-methyl/N-ethyl adjacent to an activating group) is 1. The number of nitrogens with zero attached hydrogens (tertiary/aromatic N) is 2. The van der Waals surface area contributed by atoms with Crippen molar-refractivity contribution in [1.29, 1.82) is 0 Å². The molecule has 1 N–H and O–H groups in total. The normalized spacial score (nSPS) is 12.0. The standard InChI is InChI=1S/C10H21N3/c1-4-6-11-7-8-12-9-10-13(3)5-2/h6-8,12H,4-5,9-10H2,1-3H3/b8-7+,11-6-. The third-order valence-electron chi connectivity index (χ3n) is 1.74. The Morgan fingerprint density at radius 1 is 1.38 bits per heavy atom. The highest BCUT2D eigenvalue weighted by atomic mass is 15.1. The van der Waals surface area contributed by atoms with E-state index in [4.69, 9.17) is 0 Å². The minimum atomic E-state index is 0.975. The molecule has 0 aromatic rings. The summed E-state index contributed by atoms with van der Waals surface area (Å²) in [6.07, 6.45) is 6.55. The van der Waals surface area contributed by atoms with Gasteiger partial charge in [0.2, 0.25) is 0 Å². The molecule has 0 fully saturated rings. The second kappa shape index (κ2) is 9.26. The predicted molar refractivity (Wildman–Crippen MR) is 59.1 cm³/mol. The number of hydrogen-bond donors (Lipinski definition) is 1. The molecule has 0 heterocycles. The fourth-order valence-electron chi connectivity index (χ4n) is 0.759. The summed E-state index contributed by atoms with van der Waals surface area (Å²) in [6.45, 7) is 7.36. The van der Waals surface area contributed by atoms with Gasteiger partial charge in [0.15, 0.2) is 0 Å². The average molecular weight is 183 g/mol. The maximum Gasteiger partial charge on any atom is 0.0420 e. The van der Waals surface area contributed by atoms with Gasteiger partial charge in [0.1, 0.15) is 0 Å². The van der Waals surface area contributed by atoms with Gasteiger partial charge in [0.05, 0.1) is 0 Å². The van der Waals surface area contributed by atoms with Crippen molar-refractivity contribution in [3.8, 4) is 0 Å². The zero-order valence-corrected chi connectivity index (χ0v) is 8.95. The molecule has 0 saturated heterocycles. The van der Waals surface area contributed by atoms with Crippen LogP contribution in [0.5, 0.6) is 0 Å². The fourth-order valence-corrected chi connectivity index (χ4v) is 0.759. The van der Waals surface area contributed by atoms with Crippen molar-refractivity contribution in [2.45, 2.75) is 20.3 Å². The van der Waals surface area contributed by atoms with E-state index in [1.165, 1.54) is 0 Å². The molecule has 0 atom stereocenters. The largest absolute Gasteiger partial charge is 0.388 e. The van der Waals surface area contributed by atoms with Crippen molar-refractivity contribution < 1.29 is 0 Å². The minimum absolute atomic E-state index is 0.975. The molecule has 0 aromatic heterocycles. The molecule has 76 valence electrons. The first kappa shape index (κ1) is 12.2. The van der Waals surface area contributed by atoms with Gasteiger partial charge in [-0.2, -0.15) is 0 Å². The number of aliphatic imine (C=N–C) groups is 1. The van der Waals surface area contributed by atoms with Crippen molar-refractivity contribution in [3.05, 3.63) is 12.4 Å². The van der Waals surface area contributed by atoms with Crippen LogP contribution in [-0.4, -0.2) is 37.8 Å². The van der Waals surface area contributed by atoms with Crippen LogP contribution in [0.15, 0.2) is 17.4 Å². The zero-order chi connectivity index (χ0) is 9.94. The van der Waals surface area contributed by atoms with E-state index >= 15 is 0 Å². The first-order valence-corrected chi connectivity index (χ1v) is 4.89. The molecule has 0 radical (unpaired) electrons. The average Bonchev–Trinajstić information content (AvgIpc) is 2.16. The topological polar surface area (TPSA) is 27.6 Å². The third kappa shape index (κ3) is 9.08. The van der Waals surface area contributed by atoms with E-state index in [0.29, 0.717) is 0 Å². The first-order chi connectivity index (χ1) is 6.31. The molecule has 0 spiro atoms. The van der Waals surface area contributed by atoms with Crippen LogP contribution in [-0.2, 0) is 0 Å². The van der Waals surface area contributed by atoms with E-state index < -0.39 is 0 Å². The van der Waals surface area contributed by atoms with Crippen molar-refractivity contribution in [2.24, 2.45) is 4.99 Å². The van der Waals surface area contributed by atoms with Gasteiger partial charge in [-0.25, -0.2) is 0 Å². The molecule has 0 bridgehead atoms. The first-order valence-electron chi connectivity index (χ1n) is 4.89. The molecule has 0 unspecified atom stereocenters. The van der Waals surface area contributed by atoms with Crippen molar-refractivity contribution in [1.82, 2.24) is 10.2 Å². The summed E-state index contributed by atoms with van der Waals surface area (Å²) in [5.41, 5.74) is 0. The Balaban J connectivity index is 3.24. The van der Waals surface area contributed by atoms with Gasteiger partial charge < -0.3 is 10.2 Å². The molecule has 0 aromatic carbocycles. The van der Waals surface area contributed by atoms with E-state index in [1.807, 2.05) is 12.4 Å². The molecule has 0 aliphatic rings. The van der Waals surface area contributed by atoms with Crippen molar-refractivity contribution in [3.63, 3.8) is 0 Å². The van der Waals surface area contributed by atoms with Gasteiger partial charge in [0, 0.05) is 31.7 Å². The van der Waals surface area contributed by atoms with Crippen LogP contribution in [0.25, 0.3) is 0 Å². The van der Waals surface area contributed by atoms with Gasteiger partial charge >= 0.3 is 0 Å². The van der Waals surface area contributed by atoms with Crippen LogP contribution in [0.3, 0.4) is 0 Å². The second-order valence-corrected chi connectivity index (χ2v) is 2.91. The summed E-state index contributed by atoms with van der Waals surface area (Å²) in [5, 5.41) is 3.17. The Morgan fingerprint density at radius 3 is 2.77 bits per heavy atom. The number of hydrogen-bond acceptors (Lipinski definition) is 3. The van der Waals surface area contributed by atoms with Crippen LogP contribution in [0.4, 0.5) is 0 Å². The second-order valence-electron chi connectivity index (χ2n) is 2.91. The highest BCUT2D eigenvalue weighted by molar-refractivity contribution is 5.57. The van der Waals surface area contributed by atoms with Gasteiger partial charge in [-0.05, 0) is 20.0 Å². The van der Waals surface area contributed by atoms with Crippen LogP contribution < -0.4 is 5.32 Å². The monoisotopic (exact) mass is 183 g/mol. The molecular formula is C10H21N3. The van der Waals surface area contributed by atoms with E-state index in [9.17, 15) is 0 Å². The Morgan fingerprint density at radius 2 is 2.15 bits per heavy atom. The lowest BCUT2D eigenvalue weighted by Gasteiger charge is -2.12. The van der Waals surface area contributed by atoms with E-state index in [1.54, 1.807) is 6.20 Å². The maximum atomic E-state index is 4.05. The molecule has 0 saturated carbocycles. The molecule has 3 nitrogen and oxygen atoms in total. The minimum Gasteiger partial charge on any atom is -0.388 e. The van der Waals surface area contributed by atoms with Gasteiger partial charge in [-0.15, -0.1) is 0 Å². The van der Waals surface area contributed by atoms with Gasteiger partial charge in [-0.3, -0.25) is 4.99 Å². The zero-order valence-electron chi connectivity index (χ0n) is 8.95. The van der Waals surface area contributed by atoms with E-state index in [-0.39, 0.29) is 0 Å². The third-order valence-corrected chi connectivity index (χ3v) is 1.74. The summed E-state index contributed by atoms with van der Waals surface area (Å²) in [6, 6.07) is 0. The number of rotatable bonds is 7. The maximum absolute atomic E-state index is 4.05. The van der Waals surface area contributed by atoms with Crippen molar-refractivity contribution >= 4 is 6.21 Å². The van der Waals surface area contributed by atoms with Gasteiger partial charge in [0.25, 0.3) is 0 Å². The lowest BCUT2D eigenvalue weighted by molar-refractivity contribution is 0.356. The fraction of sp³-hybridized carbons (Fsp3) is 0.700. The number of nitrogens with one attached hydrogen (secondary N) is 1. The molecule has 3 heteroatoms. The van der Waals surface area contributed by atoms with E-state index in [2.05, 4.69) is 36.1 Å². The van der Waals surface area contributed by atoms with E-state index in [0.717, 1.165) is 26.1 Å². The Labute approximate surface area is 81.5 Å². The van der Waals surface area contributed by atoms with Crippen LogP contribution in [0.2, 0.25) is 0 Å².